The monoisotopic (exact) mass is 974 g/mol. The summed E-state index contributed by atoms with van der Waals surface area (Å²) < 4.78 is 109. The number of halogens is 6. The van der Waals surface area contributed by atoms with Crippen LogP contribution in [0.15, 0.2) is 84.9 Å². The van der Waals surface area contributed by atoms with E-state index in [1.165, 1.54) is 18.2 Å². The summed E-state index contributed by atoms with van der Waals surface area (Å²) in [6.45, 7) is 3.40. The molecule has 8 rings (SSSR count). The van der Waals surface area contributed by atoms with Crippen LogP contribution in [0.2, 0.25) is 0 Å². The Kier molecular flexibility index (Phi) is 14.9. The van der Waals surface area contributed by atoms with Gasteiger partial charge in [-0.2, -0.15) is 0 Å². The van der Waals surface area contributed by atoms with Crippen molar-refractivity contribution in [3.63, 3.8) is 0 Å². The fraction of sp³-hybridized carbons (Fsp3) is 0.240. The van der Waals surface area contributed by atoms with Crippen LogP contribution in [0.25, 0.3) is 21.5 Å². The Morgan fingerprint density at radius 3 is 1.16 bits per heavy atom. The Labute approximate surface area is 393 Å². The molecular weight excluding hydrogens is 935 g/mol. The number of carbonyl (C=O) groups excluding carboxylic acids is 5. The number of fused-ring (bicyclic) bond motifs is 4. The van der Waals surface area contributed by atoms with E-state index in [2.05, 4.69) is 0 Å². The Balaban J connectivity index is 0.000000207. The predicted molar refractivity (Wildman–Crippen MR) is 240 cm³/mol. The van der Waals surface area contributed by atoms with Gasteiger partial charge in [0.1, 0.15) is 47.8 Å². The molecule has 2 aliphatic rings. The van der Waals surface area contributed by atoms with Crippen molar-refractivity contribution in [2.24, 2.45) is 0 Å². The smallest absolute Gasteiger partial charge is 0.310 e. The third-order valence-electron chi connectivity index (χ3n) is 10.7. The minimum Gasteiger partial charge on any atom is -0.492 e. The van der Waals surface area contributed by atoms with E-state index < -0.39 is 85.4 Å². The average Bonchev–Trinajstić information content (AvgIpc) is 3.72. The van der Waals surface area contributed by atoms with Crippen LogP contribution in [-0.4, -0.2) is 86.6 Å². The molecule has 0 aliphatic carbocycles. The molecule has 364 valence electrons. The van der Waals surface area contributed by atoms with Crippen molar-refractivity contribution >= 4 is 68.5 Å². The van der Waals surface area contributed by atoms with Crippen molar-refractivity contribution in [2.75, 3.05) is 42.8 Å². The quantitative estimate of drug-likeness (QED) is 0.0522. The summed E-state index contributed by atoms with van der Waals surface area (Å²) in [5, 5.41) is 10.2. The number of ether oxygens (including phenoxy) is 5. The number of carboxylic acids is 1. The SMILES string of the molecule is CCOC(=O)Cc1ccc(N2C(=O)c3c(c(OCC(F)F)c4ccccc4c3OCC)C2=O)c(F)c1.CCOc1c2c(c(OCC(F)F)c3ccccc13)C(=O)N(c1ccc(CC(=O)O)cc1F)C2=O. The van der Waals surface area contributed by atoms with Gasteiger partial charge in [-0.25, -0.2) is 36.1 Å². The van der Waals surface area contributed by atoms with Crippen molar-refractivity contribution in [1.29, 1.82) is 0 Å². The van der Waals surface area contributed by atoms with Crippen LogP contribution >= 0.6 is 0 Å². The van der Waals surface area contributed by atoms with E-state index in [-0.39, 0.29) is 93.7 Å². The number of nitrogens with zero attached hydrogens (tertiary/aromatic N) is 2. The highest BCUT2D eigenvalue weighted by molar-refractivity contribution is 6.39. The molecule has 14 nitrogen and oxygen atoms in total. The fourth-order valence-corrected chi connectivity index (χ4v) is 8.05. The van der Waals surface area contributed by atoms with Gasteiger partial charge in [-0.05, 0) is 56.2 Å². The van der Waals surface area contributed by atoms with Crippen LogP contribution in [0.5, 0.6) is 23.0 Å². The summed E-state index contributed by atoms with van der Waals surface area (Å²) in [4.78, 5) is 77.7. The Hall–Kier alpha value is -8.16. The molecule has 70 heavy (non-hydrogen) atoms. The van der Waals surface area contributed by atoms with Gasteiger partial charge in [0.15, 0.2) is 0 Å². The predicted octanol–water partition coefficient (Wildman–Crippen LogP) is 9.38. The number of hydrogen-bond acceptors (Lipinski definition) is 11. The highest BCUT2D eigenvalue weighted by atomic mass is 19.3. The molecule has 0 fully saturated rings. The van der Waals surface area contributed by atoms with Crippen LogP contribution in [-0.2, 0) is 27.2 Å². The lowest BCUT2D eigenvalue weighted by Crippen LogP contribution is -2.30. The van der Waals surface area contributed by atoms with Crippen molar-refractivity contribution in [2.45, 2.75) is 46.5 Å². The third kappa shape index (κ3) is 9.61. The van der Waals surface area contributed by atoms with Crippen molar-refractivity contribution in [3.8, 4) is 23.0 Å². The lowest BCUT2D eigenvalue weighted by atomic mass is 9.99. The molecule has 0 saturated heterocycles. The van der Waals surface area contributed by atoms with Gasteiger partial charge in [0, 0.05) is 21.5 Å². The number of rotatable bonds is 17. The van der Waals surface area contributed by atoms with Gasteiger partial charge >= 0.3 is 11.9 Å². The molecule has 0 spiro atoms. The van der Waals surface area contributed by atoms with Gasteiger partial charge in [-0.3, -0.25) is 28.8 Å². The first-order valence-corrected chi connectivity index (χ1v) is 21.5. The van der Waals surface area contributed by atoms with E-state index in [0.717, 1.165) is 18.2 Å². The first-order chi connectivity index (χ1) is 33.5. The zero-order valence-corrected chi connectivity index (χ0v) is 37.3. The Bertz CT molecular complexity index is 3090. The number of esters is 1. The number of imide groups is 2. The summed E-state index contributed by atoms with van der Waals surface area (Å²) in [5.74, 6) is -7.67. The molecule has 0 atom stereocenters. The largest absolute Gasteiger partial charge is 0.492 e. The first kappa shape index (κ1) is 49.7. The summed E-state index contributed by atoms with van der Waals surface area (Å²) in [6.07, 6.45) is -6.33. The standard InChI is InChI=1S/C26H22F3NO6.C24H18F3NO6/c1-3-34-20(31)12-14-9-10-18(17(27)11-14)30-25(32)21-22(26(30)33)24(36-13-19(28)29)16-8-6-5-7-15(16)23(21)35-4-2;1-2-33-21-13-5-3-4-6-14(13)22(34-11-17(26)27)20-19(21)23(31)28(24(20)32)16-8-7-12(9-15(16)25)10-18(29)30/h5-11,19H,3-4,12-13H2,1-2H3;3-9,17H,2,10-11H2,1H3,(H,29,30). The van der Waals surface area contributed by atoms with Crippen molar-refractivity contribution in [1.82, 2.24) is 0 Å². The van der Waals surface area contributed by atoms with Crippen LogP contribution in [0, 0.1) is 11.6 Å². The highest BCUT2D eigenvalue weighted by Crippen LogP contribution is 2.48. The molecule has 0 radical (unpaired) electrons. The maximum Gasteiger partial charge on any atom is 0.310 e. The molecule has 4 amide bonds. The number of carbonyl (C=O) groups is 6. The first-order valence-electron chi connectivity index (χ1n) is 21.5. The maximum absolute atomic E-state index is 15.1. The fourth-order valence-electron chi connectivity index (χ4n) is 8.05. The molecule has 0 unspecified atom stereocenters. The molecule has 0 bridgehead atoms. The summed E-state index contributed by atoms with van der Waals surface area (Å²) in [5.41, 5.74) is -1.35. The highest BCUT2D eigenvalue weighted by Gasteiger charge is 2.46. The van der Waals surface area contributed by atoms with Crippen molar-refractivity contribution in [3.05, 3.63) is 130 Å². The number of alkyl halides is 4. The van der Waals surface area contributed by atoms with Gasteiger partial charge < -0.3 is 28.8 Å². The number of aliphatic carboxylic acids is 1. The van der Waals surface area contributed by atoms with E-state index in [9.17, 15) is 50.7 Å². The van der Waals surface area contributed by atoms with Gasteiger partial charge in [0.25, 0.3) is 36.5 Å². The molecule has 2 aliphatic heterocycles. The second-order valence-corrected chi connectivity index (χ2v) is 15.2. The van der Waals surface area contributed by atoms with Gasteiger partial charge in [0.05, 0.1) is 66.3 Å². The zero-order chi connectivity index (χ0) is 50.6. The van der Waals surface area contributed by atoms with E-state index >= 15 is 4.39 Å². The molecule has 2 heterocycles. The van der Waals surface area contributed by atoms with Crippen LogP contribution < -0.4 is 28.7 Å². The third-order valence-corrected chi connectivity index (χ3v) is 10.7. The molecule has 0 saturated carbocycles. The van der Waals surface area contributed by atoms with Gasteiger partial charge in [-0.15, -0.1) is 0 Å². The molecular formula is C50H40F6N2O12. The minimum absolute atomic E-state index is 0.0567. The lowest BCUT2D eigenvalue weighted by molar-refractivity contribution is -0.142. The van der Waals surface area contributed by atoms with E-state index in [1.807, 2.05) is 0 Å². The summed E-state index contributed by atoms with van der Waals surface area (Å²) in [6, 6.07) is 19.8. The van der Waals surface area contributed by atoms with Crippen molar-refractivity contribution < 1.29 is 83.9 Å². The normalized spacial score (nSPS) is 13.0. The van der Waals surface area contributed by atoms with Gasteiger partial charge in [0.2, 0.25) is 0 Å². The molecule has 6 aromatic rings. The minimum atomic E-state index is -2.84. The average molecular weight is 975 g/mol. The number of anilines is 2. The number of hydrogen-bond donors (Lipinski definition) is 1. The molecule has 0 aromatic heterocycles. The number of amides is 4. The molecule has 20 heteroatoms. The summed E-state index contributed by atoms with van der Waals surface area (Å²) >= 11 is 0. The molecule has 1 N–H and O–H groups in total. The van der Waals surface area contributed by atoms with Crippen LogP contribution in [0.4, 0.5) is 37.7 Å². The number of benzene rings is 6. The van der Waals surface area contributed by atoms with E-state index in [0.29, 0.717) is 26.0 Å². The lowest BCUT2D eigenvalue weighted by Gasteiger charge is -2.16. The van der Waals surface area contributed by atoms with Crippen LogP contribution in [0.1, 0.15) is 73.3 Å². The maximum atomic E-state index is 15.1. The Morgan fingerprint density at radius 2 is 0.857 bits per heavy atom. The molecule has 6 aromatic carbocycles. The second-order valence-electron chi connectivity index (χ2n) is 15.2. The van der Waals surface area contributed by atoms with E-state index in [1.54, 1.807) is 69.3 Å². The van der Waals surface area contributed by atoms with Gasteiger partial charge in [-0.1, -0.05) is 60.7 Å². The number of carboxylic acid groups (broad SMARTS) is 1. The van der Waals surface area contributed by atoms with Crippen LogP contribution in [0.3, 0.4) is 0 Å². The van der Waals surface area contributed by atoms with E-state index in [4.69, 9.17) is 28.8 Å². The topological polar surface area (TPSA) is 175 Å². The zero-order valence-electron chi connectivity index (χ0n) is 37.3. The Morgan fingerprint density at radius 1 is 0.514 bits per heavy atom. The summed E-state index contributed by atoms with van der Waals surface area (Å²) in [7, 11) is 0. The second kappa shape index (κ2) is 21.0.